The first-order valence-corrected chi connectivity index (χ1v) is 7.84. The van der Waals surface area contributed by atoms with E-state index in [4.69, 9.17) is 5.11 Å². The highest BCUT2D eigenvalue weighted by atomic mass is 79.9. The molecule has 1 saturated carbocycles. The largest absolute Gasteiger partial charge is 0.478 e. The second-order valence-electron chi connectivity index (χ2n) is 5.60. The second kappa shape index (κ2) is 6.93. The average molecular weight is 355 g/mol. The third-order valence-corrected chi connectivity index (χ3v) is 4.13. The molecule has 1 aromatic carbocycles. The summed E-state index contributed by atoms with van der Waals surface area (Å²) in [7, 11) is 0. The van der Waals surface area contributed by atoms with Crippen LogP contribution in [0, 0.1) is 5.92 Å². The number of carbonyl (C=O) groups is 2. The van der Waals surface area contributed by atoms with Crippen LogP contribution in [0.3, 0.4) is 0 Å². The molecule has 0 saturated heterocycles. The predicted octanol–water partition coefficient (Wildman–Crippen LogP) is 3.85. The highest BCUT2D eigenvalue weighted by molar-refractivity contribution is 9.10. The van der Waals surface area contributed by atoms with E-state index in [9.17, 15) is 9.59 Å². The van der Waals surface area contributed by atoms with E-state index in [1.165, 1.54) is 18.6 Å². The van der Waals surface area contributed by atoms with Gasteiger partial charge in [-0.25, -0.2) is 9.59 Å². The first-order chi connectivity index (χ1) is 9.94. The monoisotopic (exact) mass is 354 g/mol. The van der Waals surface area contributed by atoms with Gasteiger partial charge in [-0.1, -0.05) is 35.7 Å². The van der Waals surface area contributed by atoms with E-state index in [-0.39, 0.29) is 17.6 Å². The van der Waals surface area contributed by atoms with Gasteiger partial charge in [0.25, 0.3) is 0 Å². The van der Waals surface area contributed by atoms with Crippen LogP contribution in [0.25, 0.3) is 0 Å². The van der Waals surface area contributed by atoms with Crippen molar-refractivity contribution in [3.8, 4) is 0 Å². The van der Waals surface area contributed by atoms with Crippen molar-refractivity contribution in [3.63, 3.8) is 0 Å². The molecule has 21 heavy (non-hydrogen) atoms. The van der Waals surface area contributed by atoms with Gasteiger partial charge in [-0.05, 0) is 37.0 Å². The zero-order chi connectivity index (χ0) is 15.4. The lowest BCUT2D eigenvalue weighted by Gasteiger charge is -2.27. The first-order valence-electron chi connectivity index (χ1n) is 7.05. The molecule has 2 unspecified atom stereocenters. The summed E-state index contributed by atoms with van der Waals surface area (Å²) in [6.07, 6.45) is 4.34. The van der Waals surface area contributed by atoms with Gasteiger partial charge in [0, 0.05) is 16.2 Å². The molecule has 0 radical (unpaired) electrons. The Morgan fingerprint density at radius 3 is 2.71 bits per heavy atom. The summed E-state index contributed by atoms with van der Waals surface area (Å²) >= 11 is 3.24. The number of urea groups is 1. The summed E-state index contributed by atoms with van der Waals surface area (Å²) in [4.78, 5) is 23.0. The van der Waals surface area contributed by atoms with Crippen molar-refractivity contribution in [1.82, 2.24) is 5.32 Å². The standard InChI is InChI=1S/C15H19BrN2O3/c1-9-3-2-4-12(5-9)17-15(21)18-13-7-10(14(19)20)6-11(16)8-13/h6-9,12H,2-5H2,1H3,(H,19,20)(H2,17,18,21). The number of halogens is 1. The van der Waals surface area contributed by atoms with Crippen molar-refractivity contribution in [2.45, 2.75) is 38.6 Å². The maximum absolute atomic E-state index is 12.0. The zero-order valence-corrected chi connectivity index (χ0v) is 13.4. The number of rotatable bonds is 3. The van der Waals surface area contributed by atoms with E-state index in [0.29, 0.717) is 16.1 Å². The van der Waals surface area contributed by atoms with Gasteiger partial charge in [-0.2, -0.15) is 0 Å². The molecular weight excluding hydrogens is 336 g/mol. The van der Waals surface area contributed by atoms with Gasteiger partial charge < -0.3 is 15.7 Å². The molecule has 1 fully saturated rings. The predicted molar refractivity (Wildman–Crippen MR) is 84.7 cm³/mol. The summed E-state index contributed by atoms with van der Waals surface area (Å²) in [5.41, 5.74) is 0.592. The van der Waals surface area contributed by atoms with Crippen LogP contribution in [0.15, 0.2) is 22.7 Å². The number of aromatic carboxylic acids is 1. The SMILES string of the molecule is CC1CCCC(NC(=O)Nc2cc(Br)cc(C(=O)O)c2)C1. The maximum Gasteiger partial charge on any atom is 0.335 e. The Hall–Kier alpha value is -1.56. The van der Waals surface area contributed by atoms with Crippen LogP contribution < -0.4 is 10.6 Å². The molecule has 0 aromatic heterocycles. The molecule has 2 rings (SSSR count). The summed E-state index contributed by atoms with van der Waals surface area (Å²) in [6, 6.07) is 4.52. The third kappa shape index (κ3) is 4.74. The van der Waals surface area contributed by atoms with Crippen LogP contribution in [0.4, 0.5) is 10.5 Å². The molecule has 6 heteroatoms. The Labute approximate surface area is 132 Å². The van der Waals surface area contributed by atoms with Crippen LogP contribution in [0.5, 0.6) is 0 Å². The van der Waals surface area contributed by atoms with Gasteiger partial charge in [0.2, 0.25) is 0 Å². The minimum absolute atomic E-state index is 0.131. The number of nitrogens with one attached hydrogen (secondary N) is 2. The van der Waals surface area contributed by atoms with Gasteiger partial charge in [-0.15, -0.1) is 0 Å². The van der Waals surface area contributed by atoms with E-state index in [0.717, 1.165) is 19.3 Å². The number of amides is 2. The lowest BCUT2D eigenvalue weighted by atomic mass is 9.87. The molecular formula is C15H19BrN2O3. The minimum atomic E-state index is -1.03. The Morgan fingerprint density at radius 2 is 2.05 bits per heavy atom. The molecule has 0 aliphatic heterocycles. The molecule has 1 aromatic rings. The fourth-order valence-electron chi connectivity index (χ4n) is 2.70. The molecule has 5 nitrogen and oxygen atoms in total. The van der Waals surface area contributed by atoms with Crippen molar-refractivity contribution in [3.05, 3.63) is 28.2 Å². The lowest BCUT2D eigenvalue weighted by Crippen LogP contribution is -2.40. The van der Waals surface area contributed by atoms with Crippen molar-refractivity contribution < 1.29 is 14.7 Å². The number of carboxylic acids is 1. The molecule has 2 amide bonds. The number of hydrogen-bond acceptors (Lipinski definition) is 2. The average Bonchev–Trinajstić information content (AvgIpc) is 2.37. The van der Waals surface area contributed by atoms with E-state index < -0.39 is 5.97 Å². The normalized spacial score (nSPS) is 21.6. The van der Waals surface area contributed by atoms with Crippen LogP contribution in [-0.4, -0.2) is 23.1 Å². The van der Waals surface area contributed by atoms with Gasteiger partial charge in [0.15, 0.2) is 0 Å². The van der Waals surface area contributed by atoms with Gasteiger partial charge in [0.05, 0.1) is 5.56 Å². The molecule has 2 atom stereocenters. The third-order valence-electron chi connectivity index (χ3n) is 3.67. The molecule has 0 bridgehead atoms. The van der Waals surface area contributed by atoms with Crippen LogP contribution in [0.2, 0.25) is 0 Å². The van der Waals surface area contributed by atoms with Crippen LogP contribution in [0.1, 0.15) is 43.0 Å². The fraction of sp³-hybridized carbons (Fsp3) is 0.467. The quantitative estimate of drug-likeness (QED) is 0.771. The molecule has 114 valence electrons. The van der Waals surface area contributed by atoms with Crippen molar-refractivity contribution in [2.24, 2.45) is 5.92 Å². The zero-order valence-electron chi connectivity index (χ0n) is 11.9. The number of carbonyl (C=O) groups excluding carboxylic acids is 1. The highest BCUT2D eigenvalue weighted by Crippen LogP contribution is 2.24. The second-order valence-corrected chi connectivity index (χ2v) is 6.52. The Morgan fingerprint density at radius 1 is 1.29 bits per heavy atom. The number of hydrogen-bond donors (Lipinski definition) is 3. The Balaban J connectivity index is 1.97. The molecule has 0 heterocycles. The topological polar surface area (TPSA) is 78.4 Å². The van der Waals surface area contributed by atoms with Crippen LogP contribution >= 0.6 is 15.9 Å². The number of benzene rings is 1. The van der Waals surface area contributed by atoms with E-state index in [1.54, 1.807) is 6.07 Å². The van der Waals surface area contributed by atoms with E-state index >= 15 is 0 Å². The molecule has 1 aliphatic rings. The summed E-state index contributed by atoms with van der Waals surface area (Å²) < 4.78 is 0.615. The van der Waals surface area contributed by atoms with Gasteiger partial charge in [-0.3, -0.25) is 0 Å². The smallest absolute Gasteiger partial charge is 0.335 e. The summed E-state index contributed by atoms with van der Waals surface area (Å²) in [5, 5.41) is 14.7. The van der Waals surface area contributed by atoms with Gasteiger partial charge in [0.1, 0.15) is 0 Å². The number of anilines is 1. The maximum atomic E-state index is 12.0. The van der Waals surface area contributed by atoms with Crippen LogP contribution in [-0.2, 0) is 0 Å². The molecule has 0 spiro atoms. The van der Waals surface area contributed by atoms with Gasteiger partial charge >= 0.3 is 12.0 Å². The highest BCUT2D eigenvalue weighted by Gasteiger charge is 2.20. The van der Waals surface area contributed by atoms with Crippen molar-refractivity contribution in [1.29, 1.82) is 0 Å². The van der Waals surface area contributed by atoms with Crippen molar-refractivity contribution in [2.75, 3.05) is 5.32 Å². The molecule has 3 N–H and O–H groups in total. The fourth-order valence-corrected chi connectivity index (χ4v) is 3.20. The molecule has 1 aliphatic carbocycles. The summed E-state index contributed by atoms with van der Waals surface area (Å²) in [6.45, 7) is 2.19. The van der Waals surface area contributed by atoms with E-state index in [2.05, 4.69) is 33.5 Å². The first kappa shape index (κ1) is 15.8. The number of carboxylic acid groups (broad SMARTS) is 1. The summed E-state index contributed by atoms with van der Waals surface area (Å²) in [5.74, 6) is -0.394. The minimum Gasteiger partial charge on any atom is -0.478 e. The van der Waals surface area contributed by atoms with E-state index in [1.807, 2.05) is 0 Å². The Kier molecular flexibility index (Phi) is 5.22. The van der Waals surface area contributed by atoms with Crippen molar-refractivity contribution >= 4 is 33.6 Å². The lowest BCUT2D eigenvalue weighted by molar-refractivity contribution is 0.0697. The Bertz CT molecular complexity index is 548.